The van der Waals surface area contributed by atoms with Crippen LogP contribution >= 0.6 is 0 Å². The molecule has 0 radical (unpaired) electrons. The van der Waals surface area contributed by atoms with Gasteiger partial charge >= 0.3 is 12.1 Å². The third-order valence-electron chi connectivity index (χ3n) is 5.77. The van der Waals surface area contributed by atoms with E-state index in [-0.39, 0.29) is 59.7 Å². The molecule has 0 saturated carbocycles. The predicted octanol–water partition coefficient (Wildman–Crippen LogP) is 2.54. The molecular weight excluding hydrogens is 467 g/mol. The summed E-state index contributed by atoms with van der Waals surface area (Å²) in [5, 5.41) is 16.6. The van der Waals surface area contributed by atoms with Gasteiger partial charge in [0.25, 0.3) is 0 Å². The lowest BCUT2D eigenvalue weighted by Crippen LogP contribution is -2.48. The van der Waals surface area contributed by atoms with E-state index in [0.29, 0.717) is 25.5 Å². The zero-order valence-electron chi connectivity index (χ0n) is 18.8. The van der Waals surface area contributed by atoms with Crippen LogP contribution in [-0.2, 0) is 20.5 Å². The Morgan fingerprint density at radius 3 is 2.74 bits per heavy atom. The summed E-state index contributed by atoms with van der Waals surface area (Å²) in [4.78, 5) is 33.9. The summed E-state index contributed by atoms with van der Waals surface area (Å²) in [5.74, 6) is 0.305. The van der Waals surface area contributed by atoms with E-state index in [1.807, 2.05) is 4.90 Å². The van der Waals surface area contributed by atoms with Crippen molar-refractivity contribution in [2.45, 2.75) is 25.1 Å². The van der Waals surface area contributed by atoms with Crippen molar-refractivity contribution in [2.75, 3.05) is 42.3 Å². The standard InChI is InChI=1S/C22H24F3N7O3/c1-35-18(34)5-12-10-32(11-12)20-16(8-26)19(28-14-4-2-3-13(6-14)22(23,24)25)30-21(31-20)29-15-7-17(33)27-9-15/h2-4,6,8,12,15,26H,5,7,9-11H2,1H3,(H,27,33)(H2,28,29,30,31). The highest BCUT2D eigenvalue weighted by Gasteiger charge is 2.33. The molecule has 35 heavy (non-hydrogen) atoms. The van der Waals surface area contributed by atoms with Crippen molar-refractivity contribution in [3.05, 3.63) is 35.4 Å². The number of nitrogens with zero attached hydrogens (tertiary/aromatic N) is 3. The van der Waals surface area contributed by atoms with Crippen molar-refractivity contribution in [3.8, 4) is 0 Å². The highest BCUT2D eigenvalue weighted by atomic mass is 19.4. The Balaban J connectivity index is 1.64. The maximum atomic E-state index is 13.2. The minimum Gasteiger partial charge on any atom is -0.469 e. The normalized spacial score (nSPS) is 18.0. The van der Waals surface area contributed by atoms with E-state index < -0.39 is 11.7 Å². The minimum atomic E-state index is -4.51. The number of ether oxygens (including phenoxy) is 1. The zero-order chi connectivity index (χ0) is 25.2. The van der Waals surface area contributed by atoms with Crippen LogP contribution in [-0.4, -0.2) is 60.8 Å². The lowest BCUT2D eigenvalue weighted by molar-refractivity contribution is -0.142. The molecule has 2 fully saturated rings. The number of aromatic nitrogens is 2. The van der Waals surface area contributed by atoms with Crippen LogP contribution in [0.4, 0.5) is 36.4 Å². The Hall–Kier alpha value is -3.90. The van der Waals surface area contributed by atoms with Crippen LogP contribution in [0, 0.1) is 11.3 Å². The average molecular weight is 491 g/mol. The van der Waals surface area contributed by atoms with Crippen molar-refractivity contribution in [1.29, 1.82) is 5.41 Å². The van der Waals surface area contributed by atoms with Crippen LogP contribution in [0.5, 0.6) is 0 Å². The summed E-state index contributed by atoms with van der Waals surface area (Å²) in [5.41, 5.74) is -0.399. The maximum absolute atomic E-state index is 13.2. The second kappa shape index (κ2) is 9.76. The topological polar surface area (TPSA) is 132 Å². The van der Waals surface area contributed by atoms with Crippen LogP contribution < -0.4 is 20.9 Å². The molecule has 0 bridgehead atoms. The van der Waals surface area contributed by atoms with Gasteiger partial charge in [-0.1, -0.05) is 6.07 Å². The van der Waals surface area contributed by atoms with Crippen molar-refractivity contribution in [1.82, 2.24) is 15.3 Å². The summed E-state index contributed by atoms with van der Waals surface area (Å²) < 4.78 is 44.2. The fourth-order valence-electron chi connectivity index (χ4n) is 3.98. The number of amides is 1. The van der Waals surface area contributed by atoms with Crippen LogP contribution in [0.15, 0.2) is 24.3 Å². The maximum Gasteiger partial charge on any atom is 0.416 e. The number of anilines is 4. The molecule has 3 heterocycles. The fraction of sp³-hybridized carbons (Fsp3) is 0.409. The molecule has 2 aliphatic heterocycles. The first-order valence-corrected chi connectivity index (χ1v) is 10.9. The number of hydrogen-bond acceptors (Lipinski definition) is 9. The molecule has 13 heteroatoms. The van der Waals surface area contributed by atoms with Gasteiger partial charge < -0.3 is 31.0 Å². The number of benzene rings is 1. The van der Waals surface area contributed by atoms with Crippen LogP contribution in [0.3, 0.4) is 0 Å². The molecule has 1 aromatic heterocycles. The number of carbonyl (C=O) groups excluding carboxylic acids is 2. The van der Waals surface area contributed by atoms with E-state index in [9.17, 15) is 22.8 Å². The Labute approximate surface area is 198 Å². The van der Waals surface area contributed by atoms with Crippen molar-refractivity contribution in [2.24, 2.45) is 5.92 Å². The number of hydrogen-bond donors (Lipinski definition) is 4. The van der Waals surface area contributed by atoms with Gasteiger partial charge in [-0.05, 0) is 18.2 Å². The number of esters is 1. The highest BCUT2D eigenvalue weighted by molar-refractivity contribution is 5.93. The molecule has 2 aromatic rings. The van der Waals surface area contributed by atoms with Crippen molar-refractivity contribution >= 4 is 41.4 Å². The molecule has 0 aliphatic carbocycles. The number of halogens is 3. The van der Waals surface area contributed by atoms with E-state index in [2.05, 4.69) is 25.9 Å². The quantitative estimate of drug-likeness (QED) is 0.327. The second-order valence-corrected chi connectivity index (χ2v) is 8.38. The molecular formula is C22H24F3N7O3. The Kier molecular flexibility index (Phi) is 6.76. The minimum absolute atomic E-state index is 0.0453. The second-order valence-electron chi connectivity index (χ2n) is 8.38. The molecule has 1 unspecified atom stereocenters. The molecule has 1 amide bonds. The van der Waals surface area contributed by atoms with E-state index >= 15 is 0 Å². The number of rotatable bonds is 8. The molecule has 2 aliphatic rings. The monoisotopic (exact) mass is 491 g/mol. The number of carbonyl (C=O) groups is 2. The lowest BCUT2D eigenvalue weighted by Gasteiger charge is -2.40. The largest absolute Gasteiger partial charge is 0.469 e. The number of methoxy groups -OCH3 is 1. The van der Waals surface area contributed by atoms with Gasteiger partial charge in [0.2, 0.25) is 11.9 Å². The number of alkyl halides is 3. The summed E-state index contributed by atoms with van der Waals surface area (Å²) in [6, 6.07) is 4.41. The molecule has 10 nitrogen and oxygen atoms in total. The molecule has 1 aromatic carbocycles. The van der Waals surface area contributed by atoms with E-state index in [0.717, 1.165) is 18.3 Å². The van der Waals surface area contributed by atoms with Gasteiger partial charge in [0.15, 0.2) is 0 Å². The van der Waals surface area contributed by atoms with Crippen LogP contribution in [0.1, 0.15) is 24.0 Å². The first kappa shape index (κ1) is 24.2. The van der Waals surface area contributed by atoms with Gasteiger partial charge in [-0.25, -0.2) is 0 Å². The summed E-state index contributed by atoms with van der Waals surface area (Å²) >= 11 is 0. The van der Waals surface area contributed by atoms with Gasteiger partial charge in [0.05, 0.1) is 30.7 Å². The first-order valence-electron chi connectivity index (χ1n) is 10.9. The average Bonchev–Trinajstić information content (AvgIpc) is 3.19. The fourth-order valence-corrected chi connectivity index (χ4v) is 3.98. The molecule has 1 atom stereocenters. The molecule has 4 N–H and O–H groups in total. The summed E-state index contributed by atoms with van der Waals surface area (Å²) in [6.07, 6.45) is -3.01. The van der Waals surface area contributed by atoms with Gasteiger partial charge in [-0.3, -0.25) is 9.59 Å². The van der Waals surface area contributed by atoms with Gasteiger partial charge in [-0.2, -0.15) is 23.1 Å². The Morgan fingerprint density at radius 1 is 1.34 bits per heavy atom. The van der Waals surface area contributed by atoms with Gasteiger partial charge in [0, 0.05) is 43.9 Å². The Bertz CT molecular complexity index is 1140. The zero-order valence-corrected chi connectivity index (χ0v) is 18.8. The van der Waals surface area contributed by atoms with E-state index in [1.165, 1.54) is 19.2 Å². The van der Waals surface area contributed by atoms with Crippen LogP contribution in [0.2, 0.25) is 0 Å². The predicted molar refractivity (Wildman–Crippen MR) is 122 cm³/mol. The summed E-state index contributed by atoms with van der Waals surface area (Å²) in [7, 11) is 1.32. The van der Waals surface area contributed by atoms with E-state index in [1.54, 1.807) is 0 Å². The Morgan fingerprint density at radius 2 is 2.11 bits per heavy atom. The highest BCUT2D eigenvalue weighted by Crippen LogP contribution is 2.35. The lowest BCUT2D eigenvalue weighted by atomic mass is 9.96. The SMILES string of the molecule is COC(=O)CC1CN(c2nc(NC3CNC(=O)C3)nc(Nc3cccc(C(F)(F)F)c3)c2C=N)C1. The van der Waals surface area contributed by atoms with Crippen LogP contribution in [0.25, 0.3) is 0 Å². The van der Waals surface area contributed by atoms with Gasteiger partial charge in [-0.15, -0.1) is 0 Å². The number of nitrogens with one attached hydrogen (secondary N) is 4. The third-order valence-corrected chi connectivity index (χ3v) is 5.77. The smallest absolute Gasteiger partial charge is 0.416 e. The van der Waals surface area contributed by atoms with Gasteiger partial charge in [0.1, 0.15) is 11.6 Å². The van der Waals surface area contributed by atoms with E-state index in [4.69, 9.17) is 10.1 Å². The summed E-state index contributed by atoms with van der Waals surface area (Å²) in [6.45, 7) is 1.35. The molecule has 4 rings (SSSR count). The third kappa shape index (κ3) is 5.61. The molecule has 2 saturated heterocycles. The molecule has 186 valence electrons. The molecule has 0 spiro atoms. The van der Waals surface area contributed by atoms with Crippen molar-refractivity contribution in [3.63, 3.8) is 0 Å². The van der Waals surface area contributed by atoms with Crippen molar-refractivity contribution < 1.29 is 27.5 Å². The first-order chi connectivity index (χ1) is 16.7.